The zero-order valence-electron chi connectivity index (χ0n) is 30.9. The lowest BCUT2D eigenvalue weighted by Crippen LogP contribution is -2.31. The van der Waals surface area contributed by atoms with Crippen molar-refractivity contribution in [3.8, 4) is 17.1 Å². The Labute approximate surface area is 319 Å². The lowest BCUT2D eigenvalue weighted by Gasteiger charge is -2.25. The van der Waals surface area contributed by atoms with Crippen LogP contribution in [0.4, 0.5) is 48.2 Å². The number of urea groups is 1. The summed E-state index contributed by atoms with van der Waals surface area (Å²) in [5.41, 5.74) is 3.61. The molecule has 56 heavy (non-hydrogen) atoms. The van der Waals surface area contributed by atoms with Crippen molar-refractivity contribution in [2.45, 2.75) is 46.0 Å². The molecule has 14 nitrogen and oxygen atoms in total. The Balaban J connectivity index is -0.00000214. The van der Waals surface area contributed by atoms with Gasteiger partial charge in [0.2, 0.25) is 0 Å². The first kappa shape index (κ1) is 54.5. The number of oxazole rings is 1. The first-order valence-electron chi connectivity index (χ1n) is 16.0. The Morgan fingerprint density at radius 3 is 2.09 bits per heavy atom. The molecule has 0 aliphatic carbocycles. The molecular formula is C36H49F6N5O9. The first-order valence-corrected chi connectivity index (χ1v) is 16.0. The molecule has 3 amide bonds. The summed E-state index contributed by atoms with van der Waals surface area (Å²) in [6, 6.07) is 21.9. The van der Waals surface area contributed by atoms with Crippen LogP contribution in [0.2, 0.25) is 0 Å². The highest BCUT2D eigenvalue weighted by Gasteiger charge is 2.38. The van der Waals surface area contributed by atoms with E-state index >= 15 is 0 Å². The van der Waals surface area contributed by atoms with E-state index in [0.717, 1.165) is 36.3 Å². The molecule has 4 rings (SSSR count). The number of carboxylic acid groups (broad SMARTS) is 1. The highest BCUT2D eigenvalue weighted by Crippen LogP contribution is 2.32. The van der Waals surface area contributed by atoms with Crippen LogP contribution in [-0.2, 0) is 16.1 Å². The van der Waals surface area contributed by atoms with Crippen LogP contribution in [0.15, 0.2) is 89.8 Å². The molecule has 0 spiro atoms. The highest BCUT2D eigenvalue weighted by molar-refractivity contribution is 6.00. The third-order valence-corrected chi connectivity index (χ3v) is 7.22. The number of amides is 3. The maximum atomic E-state index is 12.9. The molecule has 4 aromatic rings. The Morgan fingerprint density at radius 1 is 0.929 bits per heavy atom. The number of carbonyl (C=O) groups excluding carboxylic acids is 2. The number of hydrogen-bond acceptors (Lipinski definition) is 8. The summed E-state index contributed by atoms with van der Waals surface area (Å²) >= 11 is 0. The normalized spacial score (nSPS) is 10.6. The minimum atomic E-state index is -5.08. The fourth-order valence-corrected chi connectivity index (χ4v) is 4.87. The number of benzene rings is 3. The molecule has 0 saturated heterocycles. The monoisotopic (exact) mass is 809 g/mol. The van der Waals surface area contributed by atoms with Gasteiger partial charge < -0.3 is 50.8 Å². The van der Waals surface area contributed by atoms with Gasteiger partial charge in [0.1, 0.15) is 11.9 Å². The molecular weight excluding hydrogens is 760 g/mol. The van der Waals surface area contributed by atoms with Gasteiger partial charge in [-0.3, -0.25) is 14.1 Å². The van der Waals surface area contributed by atoms with Gasteiger partial charge in [-0.15, -0.1) is 0 Å². The average molecular weight is 810 g/mol. The van der Waals surface area contributed by atoms with Crippen LogP contribution in [0.1, 0.15) is 44.4 Å². The fourth-order valence-electron chi connectivity index (χ4n) is 4.87. The van der Waals surface area contributed by atoms with Crippen LogP contribution in [0.5, 0.6) is 5.75 Å². The number of alkyl carbamates (subject to hydrolysis) is 1. The van der Waals surface area contributed by atoms with Crippen LogP contribution in [0, 0.1) is 5.92 Å². The standard InChI is InChI=1S/C34H41N5O5.C2HF3O2.3FH.2H2O/c1-5-39(22-24(2)3)17-16-30(26-11-7-6-8-12-26)44-34(41)36-20-25-10-9-13-27(18-25)37-33(40)38-28-14-15-29(31(19-28)42-4)32-21-35-23-43-32;3-2(4,5)1(6)7;;;;;/h6-15,18-19,21,23-24,30H,5,16-17,20,22H2,1-4H3,(H,36,41)(H2,37,38,40);(H,6,7);3*1H;2*1H2. The van der Waals surface area contributed by atoms with Gasteiger partial charge >= 0.3 is 24.3 Å². The molecule has 1 heterocycles. The second kappa shape index (κ2) is 26.8. The second-order valence-electron chi connectivity index (χ2n) is 11.6. The molecule has 0 bridgehead atoms. The minimum Gasteiger partial charge on any atom is -0.496 e. The number of aromatic nitrogens is 1. The molecule has 20 heteroatoms. The summed E-state index contributed by atoms with van der Waals surface area (Å²) in [6.45, 7) is 9.57. The van der Waals surface area contributed by atoms with Gasteiger partial charge in [-0.2, -0.15) is 13.2 Å². The summed E-state index contributed by atoms with van der Waals surface area (Å²) in [6.07, 6.45) is -2.31. The molecule has 3 aromatic carbocycles. The van der Waals surface area contributed by atoms with Crippen molar-refractivity contribution in [2.75, 3.05) is 37.4 Å². The van der Waals surface area contributed by atoms with Crippen LogP contribution in [0.25, 0.3) is 11.3 Å². The quantitative estimate of drug-likeness (QED) is 0.0987. The molecule has 0 radical (unpaired) electrons. The van der Waals surface area contributed by atoms with Crippen molar-refractivity contribution < 1.29 is 71.6 Å². The summed E-state index contributed by atoms with van der Waals surface area (Å²) < 4.78 is 48.4. The lowest BCUT2D eigenvalue weighted by atomic mass is 10.1. The van der Waals surface area contributed by atoms with Gasteiger partial charge in [0.25, 0.3) is 0 Å². The van der Waals surface area contributed by atoms with E-state index in [0.29, 0.717) is 35.2 Å². The van der Waals surface area contributed by atoms with Crippen molar-refractivity contribution in [3.05, 3.63) is 96.5 Å². The number of aliphatic carboxylic acids is 1. The van der Waals surface area contributed by atoms with E-state index in [1.807, 2.05) is 42.5 Å². The molecule has 0 saturated carbocycles. The lowest BCUT2D eigenvalue weighted by molar-refractivity contribution is -0.192. The Hall–Kier alpha value is -5.86. The minimum absolute atomic E-state index is 0. The van der Waals surface area contributed by atoms with Gasteiger partial charge in [0.15, 0.2) is 12.2 Å². The predicted octanol–water partition coefficient (Wildman–Crippen LogP) is 6.77. The number of alkyl halides is 3. The number of nitrogens with one attached hydrogen (secondary N) is 3. The number of methoxy groups -OCH3 is 1. The zero-order chi connectivity index (χ0) is 37.4. The molecule has 0 aliphatic heterocycles. The topological polar surface area (TPSA) is 218 Å². The maximum Gasteiger partial charge on any atom is 0.490 e. The van der Waals surface area contributed by atoms with Crippen molar-refractivity contribution in [1.82, 2.24) is 15.2 Å². The molecule has 1 atom stereocenters. The van der Waals surface area contributed by atoms with E-state index in [2.05, 4.69) is 46.6 Å². The van der Waals surface area contributed by atoms with E-state index in [-0.39, 0.29) is 37.7 Å². The SMILES string of the molecule is CCN(CCC(OC(=O)NCc1cccc(NC(=O)Nc2ccc(-c3cnco3)c(OC)c2)c1)c1ccccc1)CC(C)C.F.F.F.O.O.O=C(O)C(F)(F)F. The fraction of sp³-hybridized carbons (Fsp3) is 0.333. The number of halogens is 6. The van der Waals surface area contributed by atoms with Gasteiger partial charge in [0, 0.05) is 43.5 Å². The van der Waals surface area contributed by atoms with Crippen molar-refractivity contribution in [2.24, 2.45) is 5.92 Å². The summed E-state index contributed by atoms with van der Waals surface area (Å²) in [5, 5.41) is 15.6. The molecule has 8 N–H and O–H groups in total. The Bertz CT molecular complexity index is 1700. The van der Waals surface area contributed by atoms with E-state index in [1.54, 1.807) is 43.6 Å². The van der Waals surface area contributed by atoms with E-state index in [9.17, 15) is 22.8 Å². The third-order valence-electron chi connectivity index (χ3n) is 7.22. The van der Waals surface area contributed by atoms with Gasteiger partial charge in [0.05, 0.1) is 18.9 Å². The molecule has 314 valence electrons. The second-order valence-corrected chi connectivity index (χ2v) is 11.6. The van der Waals surface area contributed by atoms with E-state index in [4.69, 9.17) is 23.8 Å². The number of carboxylic acids is 1. The van der Waals surface area contributed by atoms with E-state index in [1.165, 1.54) is 6.39 Å². The highest BCUT2D eigenvalue weighted by atomic mass is 19.4. The zero-order valence-corrected chi connectivity index (χ0v) is 30.9. The van der Waals surface area contributed by atoms with Gasteiger partial charge in [-0.1, -0.05) is 63.2 Å². The van der Waals surface area contributed by atoms with Crippen LogP contribution >= 0.6 is 0 Å². The van der Waals surface area contributed by atoms with E-state index < -0.39 is 24.3 Å². The van der Waals surface area contributed by atoms with Crippen LogP contribution in [0.3, 0.4) is 0 Å². The average Bonchev–Trinajstić information content (AvgIpc) is 3.63. The number of carbonyl (C=O) groups is 3. The van der Waals surface area contributed by atoms with Crippen molar-refractivity contribution in [1.29, 1.82) is 0 Å². The van der Waals surface area contributed by atoms with Gasteiger partial charge in [-0.25, -0.2) is 19.4 Å². The number of ether oxygens (including phenoxy) is 2. The first-order chi connectivity index (χ1) is 24.3. The molecule has 1 aromatic heterocycles. The Kier molecular flexibility index (Phi) is 26.1. The Morgan fingerprint density at radius 2 is 1.55 bits per heavy atom. The largest absolute Gasteiger partial charge is 0.496 e. The molecule has 1 unspecified atom stereocenters. The number of hydrogen-bond donors (Lipinski definition) is 4. The van der Waals surface area contributed by atoms with Crippen LogP contribution < -0.4 is 20.7 Å². The summed E-state index contributed by atoms with van der Waals surface area (Å²) in [7, 11) is 1.55. The van der Waals surface area contributed by atoms with Crippen molar-refractivity contribution in [3.63, 3.8) is 0 Å². The third kappa shape index (κ3) is 18.5. The molecule has 0 fully saturated rings. The van der Waals surface area contributed by atoms with Gasteiger partial charge in [-0.05, 0) is 47.9 Å². The van der Waals surface area contributed by atoms with Crippen molar-refractivity contribution >= 4 is 29.5 Å². The summed E-state index contributed by atoms with van der Waals surface area (Å²) in [5.74, 6) is -1.10. The molecule has 0 aliphatic rings. The smallest absolute Gasteiger partial charge is 0.490 e. The maximum absolute atomic E-state index is 12.9. The number of rotatable bonds is 14. The van der Waals surface area contributed by atoms with Crippen LogP contribution in [-0.4, -0.2) is 77.0 Å². The number of nitrogens with zero attached hydrogens (tertiary/aromatic N) is 2. The number of anilines is 2. The predicted molar refractivity (Wildman–Crippen MR) is 200 cm³/mol. The summed E-state index contributed by atoms with van der Waals surface area (Å²) in [4.78, 5) is 40.8.